The second-order valence-electron chi connectivity index (χ2n) is 4.43. The highest BCUT2D eigenvalue weighted by molar-refractivity contribution is 6.30. The molecule has 1 aliphatic heterocycles. The molecule has 2 unspecified atom stereocenters. The lowest BCUT2D eigenvalue weighted by Crippen LogP contribution is -2.43. The van der Waals surface area contributed by atoms with Gasteiger partial charge in [0, 0.05) is 17.3 Å². The maximum absolute atomic E-state index is 11.0. The molecule has 1 saturated heterocycles. The number of aliphatic carboxylic acids is 1. The van der Waals surface area contributed by atoms with E-state index in [4.69, 9.17) is 21.4 Å². The maximum atomic E-state index is 11.0. The van der Waals surface area contributed by atoms with Crippen LogP contribution < -0.4 is 4.90 Å². The zero-order chi connectivity index (χ0) is 13.1. The molecule has 2 atom stereocenters. The van der Waals surface area contributed by atoms with Crippen molar-refractivity contribution in [1.29, 1.82) is 0 Å². The third kappa shape index (κ3) is 2.94. The van der Waals surface area contributed by atoms with Gasteiger partial charge < -0.3 is 14.7 Å². The van der Waals surface area contributed by atoms with Crippen LogP contribution in [0.4, 0.5) is 5.69 Å². The van der Waals surface area contributed by atoms with Crippen LogP contribution in [0, 0.1) is 0 Å². The van der Waals surface area contributed by atoms with E-state index < -0.39 is 5.97 Å². The highest BCUT2D eigenvalue weighted by atomic mass is 35.5. The third-order valence-electron chi connectivity index (χ3n) is 3.18. The van der Waals surface area contributed by atoms with Gasteiger partial charge in [-0.1, -0.05) is 17.7 Å². The number of nitrogens with zero attached hydrogens (tertiary/aromatic N) is 1. The van der Waals surface area contributed by atoms with Crippen LogP contribution in [0.1, 0.15) is 13.3 Å². The number of carboxylic acid groups (broad SMARTS) is 1. The normalized spacial score (nSPS) is 23.0. The molecule has 0 radical (unpaired) electrons. The molecule has 5 heteroatoms. The molecule has 1 heterocycles. The summed E-state index contributed by atoms with van der Waals surface area (Å²) in [4.78, 5) is 12.9. The Morgan fingerprint density at radius 2 is 2.39 bits per heavy atom. The molecule has 1 fully saturated rings. The van der Waals surface area contributed by atoms with Crippen molar-refractivity contribution in [1.82, 2.24) is 0 Å². The quantitative estimate of drug-likeness (QED) is 0.912. The fourth-order valence-electron chi connectivity index (χ4n) is 2.33. The van der Waals surface area contributed by atoms with Crippen LogP contribution in [0.3, 0.4) is 0 Å². The number of carboxylic acids is 1. The monoisotopic (exact) mass is 269 g/mol. The average molecular weight is 270 g/mol. The number of anilines is 1. The van der Waals surface area contributed by atoms with Crippen LogP contribution in [-0.4, -0.2) is 36.4 Å². The first-order chi connectivity index (χ1) is 8.58. The van der Waals surface area contributed by atoms with Crippen LogP contribution in [0.2, 0.25) is 5.02 Å². The fraction of sp³-hybridized carbons (Fsp3) is 0.462. The topological polar surface area (TPSA) is 49.8 Å². The largest absolute Gasteiger partial charge is 0.480 e. The van der Waals surface area contributed by atoms with Crippen LogP contribution in [-0.2, 0) is 9.53 Å². The van der Waals surface area contributed by atoms with Crippen molar-refractivity contribution in [2.75, 3.05) is 18.1 Å². The molecule has 2 rings (SSSR count). The molecular weight excluding hydrogens is 254 g/mol. The molecule has 98 valence electrons. The van der Waals surface area contributed by atoms with Gasteiger partial charge in [0.05, 0.1) is 12.1 Å². The number of halogens is 1. The number of benzene rings is 1. The van der Waals surface area contributed by atoms with Crippen molar-refractivity contribution in [2.24, 2.45) is 0 Å². The summed E-state index contributed by atoms with van der Waals surface area (Å²) >= 11 is 5.96. The van der Waals surface area contributed by atoms with Crippen LogP contribution in [0.15, 0.2) is 24.3 Å². The number of hydrogen-bond acceptors (Lipinski definition) is 3. The first kappa shape index (κ1) is 13.2. The van der Waals surface area contributed by atoms with E-state index in [0.717, 1.165) is 12.1 Å². The third-order valence-corrected chi connectivity index (χ3v) is 3.42. The van der Waals surface area contributed by atoms with E-state index in [9.17, 15) is 4.79 Å². The molecule has 0 bridgehead atoms. The molecule has 0 aromatic heterocycles. The molecule has 0 amide bonds. The molecule has 1 aromatic carbocycles. The Hall–Kier alpha value is -1.26. The molecule has 0 saturated carbocycles. The van der Waals surface area contributed by atoms with Gasteiger partial charge in [-0.3, -0.25) is 4.79 Å². The molecule has 1 N–H and O–H groups in total. The van der Waals surface area contributed by atoms with E-state index in [1.807, 2.05) is 24.0 Å². The summed E-state index contributed by atoms with van der Waals surface area (Å²) in [6.45, 7) is 2.60. The Labute approximate surface area is 111 Å². The van der Waals surface area contributed by atoms with Crippen LogP contribution in [0.5, 0.6) is 0 Å². The summed E-state index contributed by atoms with van der Waals surface area (Å²) in [7, 11) is 0. The first-order valence-electron chi connectivity index (χ1n) is 5.93. The average Bonchev–Trinajstić information content (AvgIpc) is 2.72. The van der Waals surface area contributed by atoms with Gasteiger partial charge in [-0.2, -0.15) is 0 Å². The summed E-state index contributed by atoms with van der Waals surface area (Å²) in [5, 5.41) is 9.65. The Kier molecular flexibility index (Phi) is 4.09. The molecule has 4 nitrogen and oxygen atoms in total. The molecular formula is C13H16ClNO3. The molecule has 1 aliphatic rings. The van der Waals surface area contributed by atoms with Gasteiger partial charge in [0.15, 0.2) is 0 Å². The van der Waals surface area contributed by atoms with Gasteiger partial charge in [-0.05, 0) is 31.5 Å². The van der Waals surface area contributed by atoms with E-state index in [0.29, 0.717) is 11.6 Å². The van der Waals surface area contributed by atoms with Crippen molar-refractivity contribution in [2.45, 2.75) is 25.5 Å². The number of rotatable bonds is 4. The minimum absolute atomic E-state index is 0.0309. The van der Waals surface area contributed by atoms with E-state index in [1.165, 1.54) is 0 Å². The SMILES string of the molecule is CC1OCCC1N(CC(=O)O)c1cccc(Cl)c1. The van der Waals surface area contributed by atoms with Crippen molar-refractivity contribution in [3.8, 4) is 0 Å². The first-order valence-corrected chi connectivity index (χ1v) is 6.31. The Balaban J connectivity index is 2.27. The van der Waals surface area contributed by atoms with Gasteiger partial charge >= 0.3 is 5.97 Å². The molecule has 0 spiro atoms. The van der Waals surface area contributed by atoms with E-state index in [1.54, 1.807) is 12.1 Å². The second kappa shape index (κ2) is 5.59. The summed E-state index contributed by atoms with van der Waals surface area (Å²) in [6, 6.07) is 7.35. The Morgan fingerprint density at radius 1 is 1.61 bits per heavy atom. The molecule has 1 aromatic rings. The van der Waals surface area contributed by atoms with Crippen LogP contribution in [0.25, 0.3) is 0 Å². The Bertz CT molecular complexity index is 438. The summed E-state index contributed by atoms with van der Waals surface area (Å²) in [5.41, 5.74) is 0.826. The molecule has 0 aliphatic carbocycles. The smallest absolute Gasteiger partial charge is 0.323 e. The lowest BCUT2D eigenvalue weighted by atomic mass is 10.1. The van der Waals surface area contributed by atoms with E-state index in [-0.39, 0.29) is 18.7 Å². The van der Waals surface area contributed by atoms with Crippen LogP contribution >= 0.6 is 11.6 Å². The number of ether oxygens (including phenoxy) is 1. The van der Waals surface area contributed by atoms with Crippen molar-refractivity contribution in [3.63, 3.8) is 0 Å². The standard InChI is InChI=1S/C13H16ClNO3/c1-9-12(5-6-18-9)15(8-13(16)17)11-4-2-3-10(14)7-11/h2-4,7,9,12H,5-6,8H2,1H3,(H,16,17). The highest BCUT2D eigenvalue weighted by Crippen LogP contribution is 2.27. The highest BCUT2D eigenvalue weighted by Gasteiger charge is 2.31. The van der Waals surface area contributed by atoms with Gasteiger partial charge in [-0.15, -0.1) is 0 Å². The van der Waals surface area contributed by atoms with Gasteiger partial charge in [0.1, 0.15) is 6.54 Å². The van der Waals surface area contributed by atoms with Crippen molar-refractivity contribution >= 4 is 23.3 Å². The van der Waals surface area contributed by atoms with Crippen molar-refractivity contribution in [3.05, 3.63) is 29.3 Å². The predicted molar refractivity (Wildman–Crippen MR) is 70.3 cm³/mol. The lowest BCUT2D eigenvalue weighted by molar-refractivity contribution is -0.135. The van der Waals surface area contributed by atoms with Gasteiger partial charge in [0.25, 0.3) is 0 Å². The maximum Gasteiger partial charge on any atom is 0.323 e. The zero-order valence-electron chi connectivity index (χ0n) is 10.2. The number of hydrogen-bond donors (Lipinski definition) is 1. The minimum Gasteiger partial charge on any atom is -0.480 e. The van der Waals surface area contributed by atoms with Gasteiger partial charge in [0.2, 0.25) is 0 Å². The predicted octanol–water partition coefficient (Wildman–Crippen LogP) is 2.41. The summed E-state index contributed by atoms with van der Waals surface area (Å²) in [5.74, 6) is -0.853. The lowest BCUT2D eigenvalue weighted by Gasteiger charge is -2.31. The zero-order valence-corrected chi connectivity index (χ0v) is 10.9. The molecule has 18 heavy (non-hydrogen) atoms. The summed E-state index contributed by atoms with van der Waals surface area (Å²) in [6.07, 6.45) is 0.865. The number of carbonyl (C=O) groups is 1. The van der Waals surface area contributed by atoms with E-state index in [2.05, 4.69) is 0 Å². The summed E-state index contributed by atoms with van der Waals surface area (Å²) < 4.78 is 5.51. The van der Waals surface area contributed by atoms with Gasteiger partial charge in [-0.25, -0.2) is 0 Å². The fourth-order valence-corrected chi connectivity index (χ4v) is 2.51. The second-order valence-corrected chi connectivity index (χ2v) is 4.87. The van der Waals surface area contributed by atoms with E-state index >= 15 is 0 Å². The Morgan fingerprint density at radius 3 is 2.94 bits per heavy atom. The minimum atomic E-state index is -0.853. The van der Waals surface area contributed by atoms with Crippen molar-refractivity contribution < 1.29 is 14.6 Å².